The lowest BCUT2D eigenvalue weighted by Crippen LogP contribution is -2.41. The molecule has 0 aromatic carbocycles. The quantitative estimate of drug-likeness (QED) is 0.757. The summed E-state index contributed by atoms with van der Waals surface area (Å²) in [5.41, 5.74) is 0. The van der Waals surface area contributed by atoms with Crippen LogP contribution < -0.4 is 0 Å². The third-order valence-corrected chi connectivity index (χ3v) is 3.50. The van der Waals surface area contributed by atoms with E-state index in [1.165, 1.54) is 18.4 Å². The molecule has 0 aliphatic carbocycles. The number of esters is 1. The Hall–Kier alpha value is -1.36. The molecule has 0 fully saturated rings. The van der Waals surface area contributed by atoms with Gasteiger partial charge in [-0.2, -0.15) is 0 Å². The van der Waals surface area contributed by atoms with Gasteiger partial charge in [0, 0.05) is 6.04 Å². The van der Waals surface area contributed by atoms with Gasteiger partial charge in [0.1, 0.15) is 6.54 Å². The van der Waals surface area contributed by atoms with Crippen LogP contribution in [0.5, 0.6) is 0 Å². The average molecular weight is 255 g/mol. The fourth-order valence-corrected chi connectivity index (χ4v) is 2.07. The van der Waals surface area contributed by atoms with Crippen molar-refractivity contribution in [1.29, 1.82) is 0 Å². The maximum absolute atomic E-state index is 12.2. The maximum atomic E-state index is 12.2. The molecule has 0 aliphatic heterocycles. The number of amides is 1. The van der Waals surface area contributed by atoms with E-state index < -0.39 is 5.97 Å². The largest absolute Gasteiger partial charge is 0.468 e. The zero-order valence-corrected chi connectivity index (χ0v) is 11.1. The van der Waals surface area contributed by atoms with Gasteiger partial charge in [-0.1, -0.05) is 13.0 Å². The Morgan fingerprint density at radius 1 is 1.53 bits per heavy atom. The minimum Gasteiger partial charge on any atom is -0.468 e. The first kappa shape index (κ1) is 13.7. The molecule has 1 amide bonds. The first-order chi connectivity index (χ1) is 8.10. The van der Waals surface area contributed by atoms with Crippen LogP contribution >= 0.6 is 11.3 Å². The predicted molar refractivity (Wildman–Crippen MR) is 67.1 cm³/mol. The van der Waals surface area contributed by atoms with E-state index in [0.29, 0.717) is 4.88 Å². The molecule has 4 nitrogen and oxygen atoms in total. The summed E-state index contributed by atoms with van der Waals surface area (Å²) in [6.45, 7) is 3.91. The third-order valence-electron chi connectivity index (χ3n) is 2.64. The van der Waals surface area contributed by atoms with Gasteiger partial charge in [-0.25, -0.2) is 0 Å². The number of hydrogen-bond acceptors (Lipinski definition) is 4. The summed E-state index contributed by atoms with van der Waals surface area (Å²) in [5.74, 6) is -0.505. The fraction of sp³-hybridized carbons (Fsp3) is 0.500. The minimum absolute atomic E-state index is 0.00222. The van der Waals surface area contributed by atoms with Crippen molar-refractivity contribution >= 4 is 23.2 Å². The number of thiophene rings is 1. The second kappa shape index (κ2) is 6.39. The first-order valence-corrected chi connectivity index (χ1v) is 6.39. The highest BCUT2D eigenvalue weighted by Gasteiger charge is 2.23. The molecule has 0 N–H and O–H groups in total. The molecule has 1 rings (SSSR count). The standard InChI is InChI=1S/C12H17NO3S/c1-4-9(2)13(8-11(14)16-3)12(15)10-6-5-7-17-10/h5-7,9H,4,8H2,1-3H3. The van der Waals surface area contributed by atoms with Crippen LogP contribution in [-0.2, 0) is 9.53 Å². The molecule has 0 aliphatic rings. The summed E-state index contributed by atoms with van der Waals surface area (Å²) in [4.78, 5) is 25.7. The van der Waals surface area contributed by atoms with E-state index in [1.54, 1.807) is 11.0 Å². The van der Waals surface area contributed by atoms with Crippen LogP contribution in [-0.4, -0.2) is 36.5 Å². The van der Waals surface area contributed by atoms with E-state index in [-0.39, 0.29) is 18.5 Å². The van der Waals surface area contributed by atoms with Crippen molar-refractivity contribution in [3.8, 4) is 0 Å². The van der Waals surface area contributed by atoms with Gasteiger partial charge in [0.25, 0.3) is 5.91 Å². The smallest absolute Gasteiger partial charge is 0.325 e. The summed E-state index contributed by atoms with van der Waals surface area (Å²) in [5, 5.41) is 1.85. The van der Waals surface area contributed by atoms with Crippen molar-refractivity contribution < 1.29 is 14.3 Å². The molecule has 17 heavy (non-hydrogen) atoms. The molecule has 1 unspecified atom stereocenters. The van der Waals surface area contributed by atoms with Crippen LogP contribution in [0.4, 0.5) is 0 Å². The van der Waals surface area contributed by atoms with E-state index in [2.05, 4.69) is 4.74 Å². The molecule has 94 valence electrons. The van der Waals surface area contributed by atoms with Gasteiger partial charge >= 0.3 is 5.97 Å². The normalized spacial score (nSPS) is 11.9. The van der Waals surface area contributed by atoms with E-state index in [4.69, 9.17) is 0 Å². The number of hydrogen-bond donors (Lipinski definition) is 0. The second-order valence-electron chi connectivity index (χ2n) is 3.74. The summed E-state index contributed by atoms with van der Waals surface area (Å²) in [7, 11) is 1.33. The summed E-state index contributed by atoms with van der Waals surface area (Å²) in [6.07, 6.45) is 0.800. The number of rotatable bonds is 5. The molecule has 0 saturated heterocycles. The minimum atomic E-state index is -0.393. The SMILES string of the molecule is CCC(C)N(CC(=O)OC)C(=O)c1cccs1. The molecule has 1 aromatic rings. The highest BCUT2D eigenvalue weighted by molar-refractivity contribution is 7.12. The van der Waals surface area contributed by atoms with Crippen LogP contribution in [0.1, 0.15) is 29.9 Å². The molecule has 5 heteroatoms. The number of ether oxygens (including phenoxy) is 1. The highest BCUT2D eigenvalue weighted by atomic mass is 32.1. The lowest BCUT2D eigenvalue weighted by Gasteiger charge is -2.26. The summed E-state index contributed by atoms with van der Waals surface area (Å²) >= 11 is 1.38. The van der Waals surface area contributed by atoms with Gasteiger partial charge in [0.05, 0.1) is 12.0 Å². The lowest BCUT2D eigenvalue weighted by molar-refractivity contribution is -0.141. The van der Waals surface area contributed by atoms with Crippen LogP contribution in [0.3, 0.4) is 0 Å². The first-order valence-electron chi connectivity index (χ1n) is 5.51. The fourth-order valence-electron chi connectivity index (χ4n) is 1.39. The van der Waals surface area contributed by atoms with Crippen molar-refractivity contribution in [3.05, 3.63) is 22.4 Å². The van der Waals surface area contributed by atoms with E-state index in [1.807, 2.05) is 25.3 Å². The summed E-state index contributed by atoms with van der Waals surface area (Å²) in [6, 6.07) is 3.61. The zero-order chi connectivity index (χ0) is 12.8. The maximum Gasteiger partial charge on any atom is 0.325 e. The van der Waals surface area contributed by atoms with Crippen molar-refractivity contribution in [2.75, 3.05) is 13.7 Å². The van der Waals surface area contributed by atoms with Crippen LogP contribution in [0.25, 0.3) is 0 Å². The van der Waals surface area contributed by atoms with Gasteiger partial charge in [-0.05, 0) is 24.8 Å². The highest BCUT2D eigenvalue weighted by Crippen LogP contribution is 2.15. The Kier molecular flexibility index (Phi) is 5.15. The Morgan fingerprint density at radius 3 is 2.71 bits per heavy atom. The van der Waals surface area contributed by atoms with E-state index in [0.717, 1.165) is 6.42 Å². The molecular formula is C12H17NO3S. The van der Waals surface area contributed by atoms with E-state index in [9.17, 15) is 9.59 Å². The monoisotopic (exact) mass is 255 g/mol. The molecule has 1 aromatic heterocycles. The van der Waals surface area contributed by atoms with Crippen molar-refractivity contribution in [2.45, 2.75) is 26.3 Å². The molecule has 1 atom stereocenters. The van der Waals surface area contributed by atoms with Crippen molar-refractivity contribution in [3.63, 3.8) is 0 Å². The van der Waals surface area contributed by atoms with Gasteiger partial charge in [-0.15, -0.1) is 11.3 Å². The number of methoxy groups -OCH3 is 1. The molecule has 0 radical (unpaired) electrons. The Bertz CT molecular complexity index is 375. The van der Waals surface area contributed by atoms with Gasteiger partial charge in [0.15, 0.2) is 0 Å². The Balaban J connectivity index is 2.83. The van der Waals surface area contributed by atoms with E-state index >= 15 is 0 Å². The van der Waals surface area contributed by atoms with Gasteiger partial charge in [-0.3, -0.25) is 9.59 Å². The van der Waals surface area contributed by atoms with Gasteiger partial charge in [0.2, 0.25) is 0 Å². The van der Waals surface area contributed by atoms with Crippen LogP contribution in [0.2, 0.25) is 0 Å². The summed E-state index contributed by atoms with van der Waals surface area (Å²) < 4.78 is 4.61. The lowest BCUT2D eigenvalue weighted by atomic mass is 10.2. The Labute approximate surface area is 105 Å². The molecule has 1 heterocycles. The topological polar surface area (TPSA) is 46.6 Å². The van der Waals surface area contributed by atoms with Crippen LogP contribution in [0.15, 0.2) is 17.5 Å². The number of carbonyl (C=O) groups is 2. The molecular weight excluding hydrogens is 238 g/mol. The molecule has 0 spiro atoms. The van der Waals surface area contributed by atoms with Crippen molar-refractivity contribution in [1.82, 2.24) is 4.90 Å². The van der Waals surface area contributed by atoms with Gasteiger partial charge < -0.3 is 9.64 Å². The zero-order valence-electron chi connectivity index (χ0n) is 10.3. The second-order valence-corrected chi connectivity index (χ2v) is 4.69. The molecule has 0 saturated carbocycles. The van der Waals surface area contributed by atoms with Crippen molar-refractivity contribution in [2.24, 2.45) is 0 Å². The molecule has 0 bridgehead atoms. The Morgan fingerprint density at radius 2 is 2.24 bits per heavy atom. The number of carbonyl (C=O) groups excluding carboxylic acids is 2. The average Bonchev–Trinajstić information content (AvgIpc) is 2.87. The third kappa shape index (κ3) is 3.56. The number of nitrogens with zero attached hydrogens (tertiary/aromatic N) is 1. The van der Waals surface area contributed by atoms with Crippen LogP contribution in [0, 0.1) is 0 Å². The predicted octanol–water partition coefficient (Wildman–Crippen LogP) is 2.16.